The molecule has 1 nitrogen and oxygen atoms in total. The van der Waals surface area contributed by atoms with Crippen molar-refractivity contribution in [2.24, 2.45) is 5.41 Å². The van der Waals surface area contributed by atoms with Gasteiger partial charge in [-0.15, -0.1) is 5.92 Å². The number of hydrogen-bond acceptors (Lipinski definition) is 1. The minimum Gasteiger partial charge on any atom is -0.313 e. The van der Waals surface area contributed by atoms with Gasteiger partial charge in [0.1, 0.15) is 0 Å². The first-order valence-corrected chi connectivity index (χ1v) is 7.23. The number of rotatable bonds is 8. The third-order valence-corrected chi connectivity index (χ3v) is 2.65. The molecule has 1 heteroatoms. The second-order valence-corrected chi connectivity index (χ2v) is 5.90. The van der Waals surface area contributed by atoms with Crippen LogP contribution in [0.1, 0.15) is 73.1 Å². The first-order valence-electron chi connectivity index (χ1n) is 7.23. The predicted octanol–water partition coefficient (Wildman–Crippen LogP) is 4.37. The van der Waals surface area contributed by atoms with E-state index in [4.69, 9.17) is 0 Å². The lowest BCUT2D eigenvalue weighted by molar-refractivity contribution is 0.465. The highest BCUT2D eigenvalue weighted by molar-refractivity contribution is 5.08. The smallest absolute Gasteiger partial charge is 0.0243 e. The molecule has 1 unspecified atom stereocenters. The van der Waals surface area contributed by atoms with Gasteiger partial charge in [0.05, 0.1) is 0 Å². The van der Waals surface area contributed by atoms with Gasteiger partial charge in [0.2, 0.25) is 0 Å². The predicted molar refractivity (Wildman–Crippen MR) is 78.1 cm³/mol. The highest BCUT2D eigenvalue weighted by Gasteiger charge is 2.07. The zero-order chi connectivity index (χ0) is 13.1. The van der Waals surface area contributed by atoms with Crippen LogP contribution in [0.2, 0.25) is 0 Å². The summed E-state index contributed by atoms with van der Waals surface area (Å²) in [6.07, 6.45) is 7.45. The van der Waals surface area contributed by atoms with Crippen LogP contribution in [0.5, 0.6) is 0 Å². The van der Waals surface area contributed by atoms with E-state index in [1.165, 1.54) is 32.1 Å². The summed E-state index contributed by atoms with van der Waals surface area (Å²) >= 11 is 0. The summed E-state index contributed by atoms with van der Waals surface area (Å²) in [5.41, 5.74) is 0.138. The first-order chi connectivity index (χ1) is 7.99. The van der Waals surface area contributed by atoms with Crippen LogP contribution >= 0.6 is 0 Å². The molecule has 0 aromatic rings. The molecule has 0 aromatic carbocycles. The van der Waals surface area contributed by atoms with Gasteiger partial charge < -0.3 is 5.32 Å². The quantitative estimate of drug-likeness (QED) is 0.488. The molecule has 100 valence electrons. The standard InChI is InChI=1S/C16H31N/c1-6-8-9-11-15(17-14-7-2)12-10-13-16(3,4)5/h15,17H,6-9,11-12,14H2,1-5H3. The van der Waals surface area contributed by atoms with Crippen LogP contribution < -0.4 is 5.32 Å². The molecule has 1 N–H and O–H groups in total. The third-order valence-electron chi connectivity index (χ3n) is 2.65. The third kappa shape index (κ3) is 11.8. The van der Waals surface area contributed by atoms with E-state index in [0.29, 0.717) is 6.04 Å². The molecule has 0 saturated heterocycles. The monoisotopic (exact) mass is 237 g/mol. The number of nitrogens with one attached hydrogen (secondary N) is 1. The van der Waals surface area contributed by atoms with Crippen molar-refractivity contribution in [3.63, 3.8) is 0 Å². The summed E-state index contributed by atoms with van der Waals surface area (Å²) in [4.78, 5) is 0. The second-order valence-electron chi connectivity index (χ2n) is 5.90. The lowest BCUT2D eigenvalue weighted by Crippen LogP contribution is -2.29. The van der Waals surface area contributed by atoms with Gasteiger partial charge in [-0.25, -0.2) is 0 Å². The Labute approximate surface area is 109 Å². The van der Waals surface area contributed by atoms with Crippen LogP contribution in [-0.2, 0) is 0 Å². The molecule has 0 amide bonds. The molecule has 0 rings (SSSR count). The summed E-state index contributed by atoms with van der Waals surface area (Å²) in [5.74, 6) is 6.68. The Morgan fingerprint density at radius 3 is 2.29 bits per heavy atom. The van der Waals surface area contributed by atoms with Crippen LogP contribution in [0.25, 0.3) is 0 Å². The van der Waals surface area contributed by atoms with Crippen molar-refractivity contribution in [1.29, 1.82) is 0 Å². The van der Waals surface area contributed by atoms with E-state index in [-0.39, 0.29) is 5.41 Å². The fourth-order valence-corrected chi connectivity index (χ4v) is 1.70. The average Bonchev–Trinajstić information content (AvgIpc) is 2.23. The van der Waals surface area contributed by atoms with E-state index in [1.54, 1.807) is 0 Å². The van der Waals surface area contributed by atoms with E-state index in [2.05, 4.69) is 51.8 Å². The maximum atomic E-state index is 3.61. The summed E-state index contributed by atoms with van der Waals surface area (Å²) in [5, 5.41) is 3.61. The summed E-state index contributed by atoms with van der Waals surface area (Å²) in [6.45, 7) is 12.1. The fourth-order valence-electron chi connectivity index (χ4n) is 1.70. The van der Waals surface area contributed by atoms with Gasteiger partial charge >= 0.3 is 0 Å². The van der Waals surface area contributed by atoms with Gasteiger partial charge in [-0.3, -0.25) is 0 Å². The molecule has 0 aromatic heterocycles. The highest BCUT2D eigenvalue weighted by atomic mass is 14.9. The van der Waals surface area contributed by atoms with Crippen molar-refractivity contribution >= 4 is 0 Å². The van der Waals surface area contributed by atoms with Crippen molar-refractivity contribution in [2.45, 2.75) is 79.2 Å². The zero-order valence-corrected chi connectivity index (χ0v) is 12.5. The van der Waals surface area contributed by atoms with Gasteiger partial charge in [0.25, 0.3) is 0 Å². The van der Waals surface area contributed by atoms with Crippen LogP contribution in [0, 0.1) is 17.3 Å². The van der Waals surface area contributed by atoms with E-state index in [9.17, 15) is 0 Å². The Bertz CT molecular complexity index is 226. The fraction of sp³-hybridized carbons (Fsp3) is 0.875. The van der Waals surface area contributed by atoms with Crippen molar-refractivity contribution < 1.29 is 0 Å². The van der Waals surface area contributed by atoms with Crippen molar-refractivity contribution in [2.75, 3.05) is 6.54 Å². The largest absolute Gasteiger partial charge is 0.313 e. The number of unbranched alkanes of at least 4 members (excludes halogenated alkanes) is 2. The molecule has 17 heavy (non-hydrogen) atoms. The molecular weight excluding hydrogens is 206 g/mol. The normalized spacial score (nSPS) is 13.0. The Balaban J connectivity index is 4.03. The molecule has 0 saturated carbocycles. The Kier molecular flexibility index (Phi) is 9.27. The van der Waals surface area contributed by atoms with Crippen LogP contribution in [0.3, 0.4) is 0 Å². The SMILES string of the molecule is CCCCCC(CC#CC(C)(C)C)NCCC. The van der Waals surface area contributed by atoms with Gasteiger partial charge in [0, 0.05) is 17.9 Å². The number of hydrogen-bond donors (Lipinski definition) is 1. The van der Waals surface area contributed by atoms with Gasteiger partial charge in [-0.1, -0.05) is 39.0 Å². The minimum atomic E-state index is 0.138. The molecule has 0 heterocycles. The Hall–Kier alpha value is -0.480. The molecule has 0 aliphatic rings. The Morgan fingerprint density at radius 2 is 1.76 bits per heavy atom. The summed E-state index contributed by atoms with van der Waals surface area (Å²) < 4.78 is 0. The molecule has 1 atom stereocenters. The van der Waals surface area contributed by atoms with E-state index in [1.807, 2.05) is 0 Å². The minimum absolute atomic E-state index is 0.138. The van der Waals surface area contributed by atoms with Crippen molar-refractivity contribution in [3.8, 4) is 11.8 Å². The summed E-state index contributed by atoms with van der Waals surface area (Å²) in [6, 6.07) is 0.594. The van der Waals surface area contributed by atoms with Gasteiger partial charge in [-0.2, -0.15) is 0 Å². The van der Waals surface area contributed by atoms with Gasteiger partial charge in [0.15, 0.2) is 0 Å². The van der Waals surface area contributed by atoms with Crippen LogP contribution in [0.4, 0.5) is 0 Å². The molecule has 0 aliphatic heterocycles. The molecule has 0 aliphatic carbocycles. The molecule has 0 radical (unpaired) electrons. The molecule has 0 fully saturated rings. The second kappa shape index (κ2) is 9.54. The van der Waals surface area contributed by atoms with E-state index in [0.717, 1.165) is 13.0 Å². The lowest BCUT2D eigenvalue weighted by Gasteiger charge is -2.16. The zero-order valence-electron chi connectivity index (χ0n) is 12.5. The highest BCUT2D eigenvalue weighted by Crippen LogP contribution is 2.11. The van der Waals surface area contributed by atoms with Gasteiger partial charge in [-0.05, 0) is 40.2 Å². The molecular formula is C16H31N. The van der Waals surface area contributed by atoms with E-state index < -0.39 is 0 Å². The average molecular weight is 237 g/mol. The van der Waals surface area contributed by atoms with Crippen LogP contribution in [0.15, 0.2) is 0 Å². The summed E-state index contributed by atoms with van der Waals surface area (Å²) in [7, 11) is 0. The topological polar surface area (TPSA) is 12.0 Å². The van der Waals surface area contributed by atoms with E-state index >= 15 is 0 Å². The molecule has 0 bridgehead atoms. The lowest BCUT2D eigenvalue weighted by atomic mass is 9.97. The maximum Gasteiger partial charge on any atom is 0.0243 e. The van der Waals surface area contributed by atoms with Crippen molar-refractivity contribution in [1.82, 2.24) is 5.32 Å². The first kappa shape index (κ1) is 16.5. The van der Waals surface area contributed by atoms with Crippen molar-refractivity contribution in [3.05, 3.63) is 0 Å². The maximum absolute atomic E-state index is 3.61. The molecule has 0 spiro atoms. The van der Waals surface area contributed by atoms with Crippen LogP contribution in [-0.4, -0.2) is 12.6 Å². The Morgan fingerprint density at radius 1 is 1.06 bits per heavy atom.